The van der Waals surface area contributed by atoms with Crippen LogP contribution in [0.2, 0.25) is 0 Å². The van der Waals surface area contributed by atoms with Crippen LogP contribution < -0.4 is 5.32 Å². The molecule has 0 saturated heterocycles. The molecular formula is C21H24N4OS. The van der Waals surface area contributed by atoms with Gasteiger partial charge in [-0.2, -0.15) is 0 Å². The molecule has 0 aliphatic heterocycles. The van der Waals surface area contributed by atoms with Crippen molar-refractivity contribution in [1.82, 2.24) is 14.5 Å². The molecule has 1 atom stereocenters. The Kier molecular flexibility index (Phi) is 5.07. The molecule has 0 radical (unpaired) electrons. The van der Waals surface area contributed by atoms with Crippen LogP contribution in [0.1, 0.15) is 53.1 Å². The lowest BCUT2D eigenvalue weighted by Gasteiger charge is -2.20. The minimum atomic E-state index is -0.177. The highest BCUT2D eigenvalue weighted by atomic mass is 32.1. The first kappa shape index (κ1) is 17.9. The summed E-state index contributed by atoms with van der Waals surface area (Å²) < 4.78 is 2.03. The van der Waals surface area contributed by atoms with Crippen LogP contribution in [0.5, 0.6) is 0 Å². The van der Waals surface area contributed by atoms with E-state index in [1.165, 1.54) is 16.8 Å². The summed E-state index contributed by atoms with van der Waals surface area (Å²) in [5.74, 6) is -0.174. The van der Waals surface area contributed by atoms with Gasteiger partial charge in [0.15, 0.2) is 5.13 Å². The number of benzene rings is 1. The molecule has 4 rings (SSSR count). The Balaban J connectivity index is 1.44. The van der Waals surface area contributed by atoms with Gasteiger partial charge in [-0.15, -0.1) is 11.3 Å². The van der Waals surface area contributed by atoms with E-state index in [4.69, 9.17) is 0 Å². The van der Waals surface area contributed by atoms with Crippen molar-refractivity contribution in [2.45, 2.75) is 44.9 Å². The zero-order valence-corrected chi connectivity index (χ0v) is 16.6. The van der Waals surface area contributed by atoms with Crippen molar-refractivity contribution >= 4 is 22.4 Å². The fourth-order valence-electron chi connectivity index (χ4n) is 3.74. The Labute approximate surface area is 163 Å². The van der Waals surface area contributed by atoms with E-state index < -0.39 is 0 Å². The Morgan fingerprint density at radius 1 is 1.33 bits per heavy atom. The lowest BCUT2D eigenvalue weighted by molar-refractivity contribution is -0.118. The number of aryl methyl sites for hydroxylation is 2. The Morgan fingerprint density at radius 3 is 3.04 bits per heavy atom. The van der Waals surface area contributed by atoms with Crippen LogP contribution in [0.3, 0.4) is 0 Å². The summed E-state index contributed by atoms with van der Waals surface area (Å²) in [6, 6.07) is 8.63. The van der Waals surface area contributed by atoms with E-state index in [0.717, 1.165) is 42.7 Å². The van der Waals surface area contributed by atoms with Crippen LogP contribution in [0.25, 0.3) is 0 Å². The van der Waals surface area contributed by atoms with Gasteiger partial charge in [-0.1, -0.05) is 31.2 Å². The van der Waals surface area contributed by atoms with Gasteiger partial charge in [0.1, 0.15) is 0 Å². The fraction of sp³-hybridized carbons (Fsp3) is 0.381. The van der Waals surface area contributed by atoms with Gasteiger partial charge in [-0.25, -0.2) is 9.97 Å². The lowest BCUT2D eigenvalue weighted by atomic mass is 9.89. The standard InChI is InChI=1S/C21H24N4OS/c1-3-14-6-4-7-15(10-14)11-16-12-22-21(27-16)24-20(26)17-8-5-9-18-19(17)23-13-25(18)2/h4,6-7,10,12-13,17H,3,5,8-9,11H2,1-2H3,(H,22,24,26). The molecule has 140 valence electrons. The van der Waals surface area contributed by atoms with Crippen molar-refractivity contribution in [1.29, 1.82) is 0 Å². The van der Waals surface area contributed by atoms with Crippen molar-refractivity contribution in [3.05, 3.63) is 64.2 Å². The molecule has 0 spiro atoms. The molecule has 1 aliphatic carbocycles. The molecule has 1 amide bonds. The highest BCUT2D eigenvalue weighted by molar-refractivity contribution is 7.15. The minimum absolute atomic E-state index is 0.00327. The van der Waals surface area contributed by atoms with Crippen molar-refractivity contribution in [2.75, 3.05) is 5.32 Å². The SMILES string of the molecule is CCc1cccc(Cc2cnc(NC(=O)C3CCCc4c3ncn4C)s2)c1. The first-order valence-electron chi connectivity index (χ1n) is 9.47. The number of rotatable bonds is 5. The van der Waals surface area contributed by atoms with Gasteiger partial charge in [0.25, 0.3) is 0 Å². The molecule has 3 aromatic rings. The van der Waals surface area contributed by atoms with Crippen LogP contribution in [0, 0.1) is 0 Å². The molecule has 0 saturated carbocycles. The van der Waals surface area contributed by atoms with E-state index in [2.05, 4.69) is 46.5 Å². The number of carbonyl (C=O) groups is 1. The fourth-order valence-corrected chi connectivity index (χ4v) is 4.58. The van der Waals surface area contributed by atoms with E-state index in [1.807, 2.05) is 24.1 Å². The van der Waals surface area contributed by atoms with Crippen LogP contribution in [-0.4, -0.2) is 20.4 Å². The summed E-state index contributed by atoms with van der Waals surface area (Å²) in [7, 11) is 1.99. The zero-order valence-electron chi connectivity index (χ0n) is 15.7. The number of nitrogens with one attached hydrogen (secondary N) is 1. The number of aromatic nitrogens is 3. The van der Waals surface area contributed by atoms with Gasteiger partial charge in [0, 0.05) is 30.2 Å². The van der Waals surface area contributed by atoms with Crippen molar-refractivity contribution < 1.29 is 4.79 Å². The second-order valence-corrected chi connectivity index (χ2v) is 8.22. The number of amides is 1. The van der Waals surface area contributed by atoms with Gasteiger partial charge in [-0.3, -0.25) is 4.79 Å². The number of nitrogens with zero attached hydrogens (tertiary/aromatic N) is 3. The third-order valence-electron chi connectivity index (χ3n) is 5.21. The van der Waals surface area contributed by atoms with Crippen LogP contribution >= 0.6 is 11.3 Å². The normalized spacial score (nSPS) is 16.1. The number of thiazole rings is 1. The van der Waals surface area contributed by atoms with Crippen molar-refractivity contribution in [3.63, 3.8) is 0 Å². The predicted octanol–water partition coefficient (Wildman–Crippen LogP) is 4.09. The van der Waals surface area contributed by atoms with Crippen molar-refractivity contribution in [3.8, 4) is 0 Å². The Morgan fingerprint density at radius 2 is 2.19 bits per heavy atom. The summed E-state index contributed by atoms with van der Waals surface area (Å²) in [6.45, 7) is 2.16. The number of fused-ring (bicyclic) bond motifs is 1. The molecule has 5 nitrogen and oxygen atoms in total. The highest BCUT2D eigenvalue weighted by Gasteiger charge is 2.30. The average molecular weight is 381 g/mol. The van der Waals surface area contributed by atoms with E-state index in [1.54, 1.807) is 11.3 Å². The number of carbonyl (C=O) groups excluding carboxylic acids is 1. The molecule has 1 aromatic carbocycles. The van der Waals surface area contributed by atoms with Gasteiger partial charge < -0.3 is 9.88 Å². The lowest BCUT2D eigenvalue weighted by Crippen LogP contribution is -2.25. The quantitative estimate of drug-likeness (QED) is 0.725. The molecule has 0 fully saturated rings. The van der Waals surface area contributed by atoms with E-state index in [9.17, 15) is 4.79 Å². The summed E-state index contributed by atoms with van der Waals surface area (Å²) in [6.07, 6.45) is 8.41. The van der Waals surface area contributed by atoms with E-state index >= 15 is 0 Å². The predicted molar refractivity (Wildman–Crippen MR) is 108 cm³/mol. The largest absolute Gasteiger partial charge is 0.337 e. The monoisotopic (exact) mass is 380 g/mol. The Bertz CT molecular complexity index is 959. The number of imidazole rings is 1. The second kappa shape index (κ2) is 7.64. The first-order valence-corrected chi connectivity index (χ1v) is 10.3. The topological polar surface area (TPSA) is 59.8 Å². The Hall–Kier alpha value is -2.47. The smallest absolute Gasteiger partial charge is 0.235 e. The zero-order chi connectivity index (χ0) is 18.8. The number of hydrogen-bond donors (Lipinski definition) is 1. The van der Waals surface area contributed by atoms with Gasteiger partial charge in [0.2, 0.25) is 5.91 Å². The highest BCUT2D eigenvalue weighted by Crippen LogP contribution is 2.32. The molecule has 1 N–H and O–H groups in total. The first-order chi connectivity index (χ1) is 13.1. The second-order valence-electron chi connectivity index (χ2n) is 7.10. The average Bonchev–Trinajstić information content (AvgIpc) is 3.28. The third-order valence-corrected chi connectivity index (χ3v) is 6.12. The number of hydrogen-bond acceptors (Lipinski definition) is 4. The molecule has 2 aromatic heterocycles. The van der Waals surface area contributed by atoms with Gasteiger partial charge in [0.05, 0.1) is 17.9 Å². The molecule has 2 heterocycles. The van der Waals surface area contributed by atoms with Gasteiger partial charge >= 0.3 is 0 Å². The molecule has 0 bridgehead atoms. The summed E-state index contributed by atoms with van der Waals surface area (Å²) in [5, 5.41) is 3.68. The van der Waals surface area contributed by atoms with Crippen LogP contribution in [0.4, 0.5) is 5.13 Å². The minimum Gasteiger partial charge on any atom is -0.337 e. The molecule has 1 aliphatic rings. The molecular weight excluding hydrogens is 356 g/mol. The third kappa shape index (κ3) is 3.81. The van der Waals surface area contributed by atoms with Crippen molar-refractivity contribution in [2.24, 2.45) is 7.05 Å². The van der Waals surface area contributed by atoms with Crippen LogP contribution in [0.15, 0.2) is 36.8 Å². The summed E-state index contributed by atoms with van der Waals surface area (Å²) in [4.78, 5) is 22.8. The van der Waals surface area contributed by atoms with E-state index in [0.29, 0.717) is 5.13 Å². The molecule has 1 unspecified atom stereocenters. The maximum absolute atomic E-state index is 12.8. The maximum atomic E-state index is 12.8. The van der Waals surface area contributed by atoms with Crippen LogP contribution in [-0.2, 0) is 31.1 Å². The maximum Gasteiger partial charge on any atom is 0.235 e. The summed E-state index contributed by atoms with van der Waals surface area (Å²) >= 11 is 1.55. The molecule has 6 heteroatoms. The van der Waals surface area contributed by atoms with Gasteiger partial charge in [-0.05, 0) is 36.8 Å². The molecule has 27 heavy (non-hydrogen) atoms. The summed E-state index contributed by atoms with van der Waals surface area (Å²) in [5.41, 5.74) is 4.72. The number of anilines is 1. The van der Waals surface area contributed by atoms with E-state index in [-0.39, 0.29) is 11.8 Å².